The second kappa shape index (κ2) is 5.71. The van der Waals surface area contributed by atoms with Gasteiger partial charge < -0.3 is 10.0 Å². The van der Waals surface area contributed by atoms with Gasteiger partial charge in [0, 0.05) is 18.3 Å². The zero-order valence-corrected chi connectivity index (χ0v) is 11.0. The first-order valence-electron chi connectivity index (χ1n) is 5.98. The first kappa shape index (κ1) is 13.6. The zero-order chi connectivity index (χ0) is 13.0. The summed E-state index contributed by atoms with van der Waals surface area (Å²) in [5.74, 6) is -0.748. The van der Waals surface area contributed by atoms with Gasteiger partial charge in [0.2, 0.25) is 0 Å². The van der Waals surface area contributed by atoms with E-state index < -0.39 is 5.97 Å². The molecule has 0 saturated heterocycles. The van der Waals surface area contributed by atoms with Crippen LogP contribution >= 0.6 is 0 Å². The minimum atomic E-state index is -0.748. The maximum absolute atomic E-state index is 10.7. The third-order valence-electron chi connectivity index (χ3n) is 2.92. The summed E-state index contributed by atoms with van der Waals surface area (Å²) in [6, 6.07) is 6.47. The Labute approximate surface area is 103 Å². The summed E-state index contributed by atoms with van der Waals surface area (Å²) in [5, 5.41) is 8.80. The Hall–Kier alpha value is -1.51. The van der Waals surface area contributed by atoms with Crippen LogP contribution in [0.3, 0.4) is 0 Å². The minimum Gasteiger partial charge on any atom is -0.481 e. The minimum absolute atomic E-state index is 0.173. The van der Waals surface area contributed by atoms with Crippen molar-refractivity contribution in [3.05, 3.63) is 29.3 Å². The summed E-state index contributed by atoms with van der Waals surface area (Å²) in [7, 11) is 0. The Kier molecular flexibility index (Phi) is 4.55. The molecular weight excluding hydrogens is 214 g/mol. The number of nitrogens with zero attached hydrogens (tertiary/aromatic N) is 1. The van der Waals surface area contributed by atoms with Crippen LogP contribution in [-0.4, -0.2) is 23.7 Å². The van der Waals surface area contributed by atoms with E-state index in [1.807, 2.05) is 6.07 Å². The SMILES string of the molecule is Cc1cccc(C)c1N(CCC(=O)O)C(C)C. The average molecular weight is 235 g/mol. The number of hydrogen-bond donors (Lipinski definition) is 1. The number of carboxylic acids is 1. The Morgan fingerprint density at radius 3 is 2.24 bits per heavy atom. The molecule has 0 saturated carbocycles. The van der Waals surface area contributed by atoms with Gasteiger partial charge in [-0.05, 0) is 38.8 Å². The largest absolute Gasteiger partial charge is 0.481 e. The van der Waals surface area contributed by atoms with E-state index in [4.69, 9.17) is 5.11 Å². The van der Waals surface area contributed by atoms with Crippen molar-refractivity contribution in [2.45, 2.75) is 40.2 Å². The van der Waals surface area contributed by atoms with Gasteiger partial charge in [-0.3, -0.25) is 4.79 Å². The van der Waals surface area contributed by atoms with E-state index in [0.717, 1.165) is 0 Å². The van der Waals surface area contributed by atoms with Crippen molar-refractivity contribution < 1.29 is 9.90 Å². The topological polar surface area (TPSA) is 40.5 Å². The summed E-state index contributed by atoms with van der Waals surface area (Å²) < 4.78 is 0. The van der Waals surface area contributed by atoms with Crippen LogP contribution in [-0.2, 0) is 4.79 Å². The molecule has 0 atom stereocenters. The van der Waals surface area contributed by atoms with E-state index in [9.17, 15) is 4.79 Å². The van der Waals surface area contributed by atoms with Crippen molar-refractivity contribution in [1.29, 1.82) is 0 Å². The molecule has 0 spiro atoms. The Morgan fingerprint density at radius 1 is 1.29 bits per heavy atom. The van der Waals surface area contributed by atoms with Crippen LogP contribution in [0, 0.1) is 13.8 Å². The van der Waals surface area contributed by atoms with E-state index >= 15 is 0 Å². The number of carbonyl (C=O) groups is 1. The number of para-hydroxylation sites is 1. The van der Waals surface area contributed by atoms with Gasteiger partial charge in [-0.25, -0.2) is 0 Å². The number of aliphatic carboxylic acids is 1. The van der Waals surface area contributed by atoms with Crippen LogP contribution in [0.4, 0.5) is 5.69 Å². The van der Waals surface area contributed by atoms with Gasteiger partial charge in [0.25, 0.3) is 0 Å². The van der Waals surface area contributed by atoms with Gasteiger partial charge in [-0.1, -0.05) is 18.2 Å². The maximum Gasteiger partial charge on any atom is 0.305 e. The Bertz CT molecular complexity index is 379. The molecule has 1 aromatic rings. The van der Waals surface area contributed by atoms with Crippen molar-refractivity contribution in [2.24, 2.45) is 0 Å². The van der Waals surface area contributed by atoms with Crippen LogP contribution in [0.15, 0.2) is 18.2 Å². The first-order valence-corrected chi connectivity index (χ1v) is 5.98. The third-order valence-corrected chi connectivity index (χ3v) is 2.92. The molecule has 0 aliphatic carbocycles. The molecule has 0 aliphatic heterocycles. The van der Waals surface area contributed by atoms with E-state index in [1.165, 1.54) is 16.8 Å². The molecule has 1 aromatic carbocycles. The highest BCUT2D eigenvalue weighted by Gasteiger charge is 2.15. The van der Waals surface area contributed by atoms with Gasteiger partial charge in [-0.15, -0.1) is 0 Å². The summed E-state index contributed by atoms with van der Waals surface area (Å²) in [6.07, 6.45) is 0.173. The number of rotatable bonds is 5. The van der Waals surface area contributed by atoms with Gasteiger partial charge in [-0.2, -0.15) is 0 Å². The summed E-state index contributed by atoms with van der Waals surface area (Å²) in [6.45, 7) is 8.87. The van der Waals surface area contributed by atoms with Gasteiger partial charge in [0.05, 0.1) is 6.42 Å². The van der Waals surface area contributed by atoms with Crippen LogP contribution < -0.4 is 4.90 Å². The second-order valence-corrected chi connectivity index (χ2v) is 4.67. The smallest absolute Gasteiger partial charge is 0.305 e. The molecule has 0 heterocycles. The highest BCUT2D eigenvalue weighted by molar-refractivity contribution is 5.68. The third kappa shape index (κ3) is 3.48. The van der Waals surface area contributed by atoms with Crippen molar-refractivity contribution in [2.75, 3.05) is 11.4 Å². The first-order chi connectivity index (χ1) is 7.93. The number of hydrogen-bond acceptors (Lipinski definition) is 2. The fraction of sp³-hybridized carbons (Fsp3) is 0.500. The molecule has 1 rings (SSSR count). The van der Waals surface area contributed by atoms with Crippen molar-refractivity contribution in [1.82, 2.24) is 0 Å². The van der Waals surface area contributed by atoms with Crippen LogP contribution in [0.2, 0.25) is 0 Å². The molecule has 3 heteroatoms. The van der Waals surface area contributed by atoms with Crippen molar-refractivity contribution in [3.63, 3.8) is 0 Å². The normalized spacial score (nSPS) is 10.6. The molecule has 0 radical (unpaired) electrons. The standard InChI is InChI=1S/C14H21NO2/c1-10(2)15(9-8-13(16)17)14-11(3)6-5-7-12(14)4/h5-7,10H,8-9H2,1-4H3,(H,16,17). The number of anilines is 1. The fourth-order valence-electron chi connectivity index (χ4n) is 2.10. The molecule has 0 bridgehead atoms. The average Bonchev–Trinajstić information content (AvgIpc) is 2.21. The molecular formula is C14H21NO2. The molecule has 94 valence electrons. The molecule has 3 nitrogen and oxygen atoms in total. The van der Waals surface area contributed by atoms with Crippen LogP contribution in [0.25, 0.3) is 0 Å². The number of aryl methyl sites for hydroxylation is 2. The lowest BCUT2D eigenvalue weighted by molar-refractivity contribution is -0.136. The zero-order valence-electron chi connectivity index (χ0n) is 11.0. The van der Waals surface area contributed by atoms with Crippen LogP contribution in [0.1, 0.15) is 31.4 Å². The van der Waals surface area contributed by atoms with Gasteiger partial charge in [0.1, 0.15) is 0 Å². The number of carboxylic acid groups (broad SMARTS) is 1. The van der Waals surface area contributed by atoms with E-state index in [0.29, 0.717) is 12.6 Å². The Balaban J connectivity index is 3.01. The second-order valence-electron chi connectivity index (χ2n) is 4.67. The molecule has 17 heavy (non-hydrogen) atoms. The molecule has 0 aromatic heterocycles. The quantitative estimate of drug-likeness (QED) is 0.853. The Morgan fingerprint density at radius 2 is 1.82 bits per heavy atom. The molecule has 0 unspecified atom stereocenters. The molecule has 1 N–H and O–H groups in total. The predicted molar refractivity (Wildman–Crippen MR) is 70.7 cm³/mol. The van der Waals surface area contributed by atoms with Crippen molar-refractivity contribution in [3.8, 4) is 0 Å². The molecule has 0 fully saturated rings. The fourth-order valence-corrected chi connectivity index (χ4v) is 2.10. The maximum atomic E-state index is 10.7. The predicted octanol–water partition coefficient (Wildman–Crippen LogP) is 2.99. The van der Waals surface area contributed by atoms with Crippen LogP contribution in [0.5, 0.6) is 0 Å². The monoisotopic (exact) mass is 235 g/mol. The summed E-state index contributed by atoms with van der Waals surface area (Å²) >= 11 is 0. The number of benzene rings is 1. The summed E-state index contributed by atoms with van der Waals surface area (Å²) in [5.41, 5.74) is 3.57. The highest BCUT2D eigenvalue weighted by Crippen LogP contribution is 2.26. The summed E-state index contributed by atoms with van der Waals surface area (Å²) in [4.78, 5) is 12.9. The molecule has 0 amide bonds. The van der Waals surface area contributed by atoms with Crippen molar-refractivity contribution >= 4 is 11.7 Å². The van der Waals surface area contributed by atoms with E-state index in [2.05, 4.69) is 44.7 Å². The van der Waals surface area contributed by atoms with E-state index in [-0.39, 0.29) is 6.42 Å². The highest BCUT2D eigenvalue weighted by atomic mass is 16.4. The van der Waals surface area contributed by atoms with E-state index in [1.54, 1.807) is 0 Å². The van der Waals surface area contributed by atoms with Gasteiger partial charge >= 0.3 is 5.97 Å². The lowest BCUT2D eigenvalue weighted by atomic mass is 10.1. The van der Waals surface area contributed by atoms with Gasteiger partial charge in [0.15, 0.2) is 0 Å². The molecule has 0 aliphatic rings. The lowest BCUT2D eigenvalue weighted by Crippen LogP contribution is -2.34. The lowest BCUT2D eigenvalue weighted by Gasteiger charge is -2.31.